The molecule has 1 aliphatic carbocycles. The number of carbonyl (C=O) groups excluding carboxylic acids is 1. The number of thioether (sulfide) groups is 1. The van der Waals surface area contributed by atoms with Crippen molar-refractivity contribution in [2.24, 2.45) is 0 Å². The summed E-state index contributed by atoms with van der Waals surface area (Å²) in [5, 5.41) is 0.811. The Kier molecular flexibility index (Phi) is 6.28. The van der Waals surface area contributed by atoms with Gasteiger partial charge in [0.1, 0.15) is 5.25 Å². The van der Waals surface area contributed by atoms with Gasteiger partial charge >= 0.3 is 0 Å². The minimum atomic E-state index is -0.463. The molecule has 1 saturated heterocycles. The van der Waals surface area contributed by atoms with Gasteiger partial charge in [-0.1, -0.05) is 67.1 Å². The van der Waals surface area contributed by atoms with Crippen LogP contribution in [0.1, 0.15) is 42.5 Å². The summed E-state index contributed by atoms with van der Waals surface area (Å²) < 4.78 is 7.31. The highest BCUT2D eigenvalue weighted by Gasteiger charge is 2.31. The first kappa shape index (κ1) is 21.2. The van der Waals surface area contributed by atoms with Crippen LogP contribution >= 0.6 is 11.8 Å². The maximum Gasteiger partial charge on any atom is 0.262 e. The molecule has 2 fully saturated rings. The molecule has 1 aromatic heterocycles. The Morgan fingerprint density at radius 2 is 1.69 bits per heavy atom. The van der Waals surface area contributed by atoms with E-state index in [1.807, 2.05) is 64.1 Å². The number of benzene rings is 2. The van der Waals surface area contributed by atoms with E-state index in [4.69, 9.17) is 9.72 Å². The Labute approximate surface area is 191 Å². The molecule has 5 rings (SSSR count). The average Bonchev–Trinajstić information content (AvgIpc) is 3.38. The number of para-hydroxylation sites is 1. The lowest BCUT2D eigenvalue weighted by Gasteiger charge is -2.30. The second-order valence-corrected chi connectivity index (χ2v) is 9.44. The zero-order valence-electron chi connectivity index (χ0n) is 18.0. The predicted octanol–water partition coefficient (Wildman–Crippen LogP) is 4.20. The first-order valence-corrected chi connectivity index (χ1v) is 12.2. The van der Waals surface area contributed by atoms with E-state index in [1.165, 1.54) is 11.8 Å². The highest BCUT2D eigenvalue weighted by Crippen LogP contribution is 2.39. The summed E-state index contributed by atoms with van der Waals surface area (Å²) in [6.45, 7) is 2.28. The van der Waals surface area contributed by atoms with Gasteiger partial charge in [-0.25, -0.2) is 4.98 Å². The van der Waals surface area contributed by atoms with E-state index in [0.717, 1.165) is 31.2 Å². The minimum absolute atomic E-state index is 0.00404. The lowest BCUT2D eigenvalue weighted by atomic mass is 10.1. The van der Waals surface area contributed by atoms with Crippen LogP contribution in [0.15, 0.2) is 64.5 Å². The number of fused-ring (bicyclic) bond motifs is 1. The van der Waals surface area contributed by atoms with Gasteiger partial charge in [0.25, 0.3) is 5.56 Å². The molecular weight excluding hydrogens is 422 g/mol. The summed E-state index contributed by atoms with van der Waals surface area (Å²) in [6.07, 6.45) is 4.17. The molecule has 2 aromatic carbocycles. The van der Waals surface area contributed by atoms with Gasteiger partial charge in [-0.2, -0.15) is 0 Å². The highest BCUT2D eigenvalue weighted by atomic mass is 32.2. The fraction of sp³-hybridized carbons (Fsp3) is 0.400. The molecule has 6 nitrogen and oxygen atoms in total. The summed E-state index contributed by atoms with van der Waals surface area (Å²) in [7, 11) is 0. The van der Waals surface area contributed by atoms with Gasteiger partial charge in [0.05, 0.1) is 24.1 Å². The lowest BCUT2D eigenvalue weighted by molar-refractivity contribution is -0.134. The average molecular weight is 450 g/mol. The van der Waals surface area contributed by atoms with Crippen molar-refractivity contribution in [1.29, 1.82) is 0 Å². The molecular formula is C25H27N3O3S. The first-order valence-electron chi connectivity index (χ1n) is 11.3. The van der Waals surface area contributed by atoms with Crippen LogP contribution in [0.3, 0.4) is 0 Å². The van der Waals surface area contributed by atoms with Crippen LogP contribution in [0.5, 0.6) is 0 Å². The summed E-state index contributed by atoms with van der Waals surface area (Å²) in [5.41, 5.74) is 1.60. The van der Waals surface area contributed by atoms with Crippen LogP contribution in [-0.4, -0.2) is 46.7 Å². The van der Waals surface area contributed by atoms with Crippen molar-refractivity contribution >= 4 is 28.6 Å². The Bertz CT molecular complexity index is 1150. The van der Waals surface area contributed by atoms with E-state index in [-0.39, 0.29) is 17.5 Å². The van der Waals surface area contributed by atoms with Crippen LogP contribution in [0.4, 0.5) is 0 Å². The summed E-state index contributed by atoms with van der Waals surface area (Å²) >= 11 is 1.41. The molecule has 2 heterocycles. The number of nitrogens with zero attached hydrogens (tertiary/aromatic N) is 3. The predicted molar refractivity (Wildman–Crippen MR) is 126 cm³/mol. The largest absolute Gasteiger partial charge is 0.378 e. The van der Waals surface area contributed by atoms with E-state index >= 15 is 0 Å². The van der Waals surface area contributed by atoms with Crippen LogP contribution in [-0.2, 0) is 9.53 Å². The van der Waals surface area contributed by atoms with Crippen molar-refractivity contribution in [3.05, 3.63) is 70.5 Å². The van der Waals surface area contributed by atoms with Crippen molar-refractivity contribution < 1.29 is 9.53 Å². The van der Waals surface area contributed by atoms with Gasteiger partial charge in [-0.3, -0.25) is 14.2 Å². The summed E-state index contributed by atoms with van der Waals surface area (Å²) in [6, 6.07) is 17.5. The van der Waals surface area contributed by atoms with Gasteiger partial charge in [-0.15, -0.1) is 0 Å². The molecule has 3 aromatic rings. The number of aromatic nitrogens is 2. The van der Waals surface area contributed by atoms with Crippen molar-refractivity contribution in [3.63, 3.8) is 0 Å². The quantitative estimate of drug-likeness (QED) is 0.431. The third kappa shape index (κ3) is 4.19. The van der Waals surface area contributed by atoms with E-state index in [9.17, 15) is 9.59 Å². The molecule has 0 radical (unpaired) electrons. The zero-order chi connectivity index (χ0) is 21.9. The molecule has 1 amide bonds. The van der Waals surface area contributed by atoms with Crippen LogP contribution < -0.4 is 5.56 Å². The maximum absolute atomic E-state index is 13.6. The van der Waals surface area contributed by atoms with E-state index < -0.39 is 5.25 Å². The van der Waals surface area contributed by atoms with Gasteiger partial charge in [0, 0.05) is 19.1 Å². The molecule has 1 atom stereocenters. The zero-order valence-corrected chi connectivity index (χ0v) is 18.8. The fourth-order valence-electron chi connectivity index (χ4n) is 4.64. The second-order valence-electron chi connectivity index (χ2n) is 8.37. The number of rotatable bonds is 5. The normalized spacial score (nSPS) is 18.2. The van der Waals surface area contributed by atoms with Gasteiger partial charge in [0.15, 0.2) is 5.16 Å². The molecule has 166 valence electrons. The van der Waals surface area contributed by atoms with Crippen molar-refractivity contribution in [2.45, 2.75) is 42.1 Å². The molecule has 7 heteroatoms. The molecule has 0 N–H and O–H groups in total. The third-order valence-corrected chi connectivity index (χ3v) is 7.55. The highest BCUT2D eigenvalue weighted by molar-refractivity contribution is 8.00. The summed E-state index contributed by atoms with van der Waals surface area (Å²) in [5.74, 6) is 0.0462. The smallest absolute Gasteiger partial charge is 0.262 e. The number of amides is 1. The molecule has 0 bridgehead atoms. The SMILES string of the molecule is O=C([C@@H](Sc1nc2ccccc2c(=O)n1C1CCCC1)c1ccccc1)N1CCOCC1. The number of morpholine rings is 1. The summed E-state index contributed by atoms with van der Waals surface area (Å²) in [4.78, 5) is 33.9. The van der Waals surface area contributed by atoms with E-state index in [0.29, 0.717) is 42.4 Å². The Hall–Kier alpha value is -2.64. The standard InChI is InChI=1S/C25H27N3O3S/c29-23-20-12-6-7-13-21(20)26-25(28(23)19-10-4-5-11-19)32-22(18-8-2-1-3-9-18)24(30)27-14-16-31-17-15-27/h1-3,6-9,12-13,19,22H,4-5,10-11,14-17H2/t22-/m0/s1. The molecule has 1 aliphatic heterocycles. The molecule has 0 unspecified atom stereocenters. The van der Waals surface area contributed by atoms with Gasteiger partial charge in [-0.05, 0) is 30.5 Å². The van der Waals surface area contributed by atoms with E-state index in [2.05, 4.69) is 0 Å². The Morgan fingerprint density at radius 3 is 2.44 bits per heavy atom. The number of carbonyl (C=O) groups is 1. The number of ether oxygens (including phenoxy) is 1. The first-order chi connectivity index (χ1) is 15.7. The Morgan fingerprint density at radius 1 is 1.00 bits per heavy atom. The lowest BCUT2D eigenvalue weighted by Crippen LogP contribution is -2.42. The van der Waals surface area contributed by atoms with Crippen molar-refractivity contribution in [3.8, 4) is 0 Å². The topological polar surface area (TPSA) is 64.4 Å². The number of hydrogen-bond donors (Lipinski definition) is 0. The van der Waals surface area contributed by atoms with Crippen molar-refractivity contribution in [1.82, 2.24) is 14.5 Å². The molecule has 1 saturated carbocycles. The maximum atomic E-state index is 13.6. The van der Waals surface area contributed by atoms with Crippen LogP contribution in [0, 0.1) is 0 Å². The Balaban J connectivity index is 1.59. The van der Waals surface area contributed by atoms with Crippen molar-refractivity contribution in [2.75, 3.05) is 26.3 Å². The van der Waals surface area contributed by atoms with Gasteiger partial charge in [0.2, 0.25) is 5.91 Å². The van der Waals surface area contributed by atoms with Gasteiger partial charge < -0.3 is 9.64 Å². The second kappa shape index (κ2) is 9.46. The fourth-order valence-corrected chi connectivity index (χ4v) is 5.89. The minimum Gasteiger partial charge on any atom is -0.378 e. The molecule has 0 spiro atoms. The van der Waals surface area contributed by atoms with Crippen LogP contribution in [0.25, 0.3) is 10.9 Å². The third-order valence-electron chi connectivity index (χ3n) is 6.34. The van der Waals surface area contributed by atoms with Crippen LogP contribution in [0.2, 0.25) is 0 Å². The molecule has 2 aliphatic rings. The van der Waals surface area contributed by atoms with E-state index in [1.54, 1.807) is 0 Å². The number of hydrogen-bond acceptors (Lipinski definition) is 5. The monoisotopic (exact) mass is 449 g/mol. The molecule has 32 heavy (non-hydrogen) atoms.